The average Bonchev–Trinajstić information content (AvgIpc) is 3.38. The molecule has 8 heteroatoms. The second-order valence-electron chi connectivity index (χ2n) is 8.12. The Balaban J connectivity index is 1.63. The molecule has 0 atom stereocenters. The zero-order valence-corrected chi connectivity index (χ0v) is 20.0. The third-order valence-electron chi connectivity index (χ3n) is 5.97. The fourth-order valence-electron chi connectivity index (χ4n) is 3.97. The minimum atomic E-state index is -0.204. The van der Waals surface area contributed by atoms with E-state index in [4.69, 9.17) is 4.98 Å². The summed E-state index contributed by atoms with van der Waals surface area (Å²) in [6.45, 7) is 9.33. The maximum atomic E-state index is 13.6. The largest absolute Gasteiger partial charge is 0.302 e. The van der Waals surface area contributed by atoms with Gasteiger partial charge in [0.25, 0.3) is 5.91 Å². The summed E-state index contributed by atoms with van der Waals surface area (Å²) in [7, 11) is 0. The summed E-state index contributed by atoms with van der Waals surface area (Å²) in [4.78, 5) is 47.6. The summed E-state index contributed by atoms with van der Waals surface area (Å²) >= 11 is 1.51. The molecule has 0 aliphatic carbocycles. The molecule has 0 unspecified atom stereocenters. The second kappa shape index (κ2) is 9.80. The summed E-state index contributed by atoms with van der Waals surface area (Å²) in [5.41, 5.74) is 3.03. The number of carbonyl (C=O) groups is 3. The lowest BCUT2D eigenvalue weighted by atomic mass is 10.1. The first-order valence-electron chi connectivity index (χ1n) is 11.3. The van der Waals surface area contributed by atoms with Crippen LogP contribution in [0.4, 0.5) is 10.8 Å². The van der Waals surface area contributed by atoms with Crippen LogP contribution < -0.4 is 9.80 Å². The number of fused-ring (bicyclic) bond motifs is 1. The molecule has 0 bridgehead atoms. The van der Waals surface area contributed by atoms with Crippen LogP contribution in [0.2, 0.25) is 0 Å². The van der Waals surface area contributed by atoms with E-state index in [-0.39, 0.29) is 30.6 Å². The predicted molar refractivity (Wildman–Crippen MR) is 132 cm³/mol. The minimum Gasteiger partial charge on any atom is -0.302 e. The first-order valence-corrected chi connectivity index (χ1v) is 12.1. The predicted octanol–water partition coefficient (Wildman–Crippen LogP) is 4.25. The molecule has 0 N–H and O–H groups in total. The molecule has 3 aromatic rings. The molecule has 33 heavy (non-hydrogen) atoms. The van der Waals surface area contributed by atoms with Crippen LogP contribution >= 0.6 is 11.3 Å². The van der Waals surface area contributed by atoms with E-state index in [9.17, 15) is 14.4 Å². The highest BCUT2D eigenvalue weighted by Crippen LogP contribution is 2.31. The molecule has 3 amide bonds. The molecule has 2 aromatic carbocycles. The number of hydrogen-bond acceptors (Lipinski definition) is 6. The number of rotatable bonds is 8. The van der Waals surface area contributed by atoms with Crippen molar-refractivity contribution in [3.05, 3.63) is 53.6 Å². The van der Waals surface area contributed by atoms with Crippen LogP contribution in [0.5, 0.6) is 0 Å². The molecule has 4 rings (SSSR count). The number of likely N-dealkylation sites (N-methyl/N-ethyl adjacent to an activating group) is 1. The van der Waals surface area contributed by atoms with Crippen molar-refractivity contribution in [2.75, 3.05) is 36.0 Å². The molecule has 172 valence electrons. The van der Waals surface area contributed by atoms with Crippen LogP contribution in [0.15, 0.2) is 42.5 Å². The number of aryl methyl sites for hydroxylation is 1. The number of aromatic nitrogens is 1. The minimum absolute atomic E-state index is 0.149. The number of anilines is 2. The molecular formula is C25H28N4O3S. The first-order chi connectivity index (χ1) is 15.9. The Morgan fingerprint density at radius 1 is 1.00 bits per heavy atom. The lowest BCUT2D eigenvalue weighted by molar-refractivity contribution is -0.121. The monoisotopic (exact) mass is 464 g/mol. The number of amides is 3. The van der Waals surface area contributed by atoms with Gasteiger partial charge in [0, 0.05) is 31.5 Å². The third kappa shape index (κ3) is 4.82. The van der Waals surface area contributed by atoms with Crippen molar-refractivity contribution < 1.29 is 14.4 Å². The standard InChI is InChI=1S/C25H28N4O3S/c1-4-27(5-2)14-15-28(25-26-20-11-6-17(3)16-21(20)33-25)24(32)18-7-9-19(10-8-18)29-22(30)12-13-23(29)31/h6-11,16H,4-5,12-15H2,1-3H3. The number of carbonyl (C=O) groups excluding carboxylic acids is 3. The fraction of sp³-hybridized carbons (Fsp3) is 0.360. The zero-order valence-electron chi connectivity index (χ0n) is 19.2. The van der Waals surface area contributed by atoms with E-state index in [0.29, 0.717) is 22.9 Å². The van der Waals surface area contributed by atoms with Crippen LogP contribution in [0.25, 0.3) is 10.2 Å². The van der Waals surface area contributed by atoms with Crippen molar-refractivity contribution in [2.24, 2.45) is 0 Å². The Labute approximate surface area is 197 Å². The number of nitrogens with zero attached hydrogens (tertiary/aromatic N) is 4. The fourth-order valence-corrected chi connectivity index (χ4v) is 5.06. The van der Waals surface area contributed by atoms with E-state index in [1.165, 1.54) is 16.2 Å². The van der Waals surface area contributed by atoms with E-state index >= 15 is 0 Å². The van der Waals surface area contributed by atoms with Gasteiger partial charge in [-0.1, -0.05) is 31.3 Å². The zero-order chi connectivity index (χ0) is 23.5. The smallest absolute Gasteiger partial charge is 0.260 e. The summed E-state index contributed by atoms with van der Waals surface area (Å²) in [5, 5.41) is 0.668. The van der Waals surface area contributed by atoms with E-state index in [2.05, 4.69) is 24.8 Å². The Hall–Kier alpha value is -3.10. The SMILES string of the molecule is CCN(CC)CCN(C(=O)c1ccc(N2C(=O)CCC2=O)cc1)c1nc2ccc(C)cc2s1. The van der Waals surface area contributed by atoms with Crippen molar-refractivity contribution in [3.8, 4) is 0 Å². The van der Waals surface area contributed by atoms with Crippen LogP contribution in [-0.2, 0) is 9.59 Å². The van der Waals surface area contributed by atoms with Crippen molar-refractivity contribution in [1.82, 2.24) is 9.88 Å². The Bertz CT molecular complexity index is 1170. The molecule has 0 saturated carbocycles. The lowest BCUT2D eigenvalue weighted by Gasteiger charge is -2.25. The average molecular weight is 465 g/mol. The highest BCUT2D eigenvalue weighted by molar-refractivity contribution is 7.22. The maximum Gasteiger partial charge on any atom is 0.260 e. The summed E-state index contributed by atoms with van der Waals surface area (Å²) < 4.78 is 1.05. The van der Waals surface area contributed by atoms with Crippen molar-refractivity contribution >= 4 is 50.1 Å². The third-order valence-corrected chi connectivity index (χ3v) is 7.01. The molecule has 1 aromatic heterocycles. The number of benzene rings is 2. The van der Waals surface area contributed by atoms with Gasteiger partial charge in [-0.3, -0.25) is 24.2 Å². The van der Waals surface area contributed by atoms with E-state index in [1.807, 2.05) is 19.1 Å². The summed E-state index contributed by atoms with van der Waals surface area (Å²) in [6.07, 6.45) is 0.464. The molecule has 7 nitrogen and oxygen atoms in total. The van der Waals surface area contributed by atoms with Crippen LogP contribution in [0, 0.1) is 6.92 Å². The lowest BCUT2D eigenvalue weighted by Crippen LogP contribution is -2.39. The molecule has 1 fully saturated rings. The van der Waals surface area contributed by atoms with Crippen molar-refractivity contribution in [3.63, 3.8) is 0 Å². The van der Waals surface area contributed by atoms with Crippen LogP contribution in [0.1, 0.15) is 42.6 Å². The van der Waals surface area contributed by atoms with E-state index in [1.54, 1.807) is 29.2 Å². The molecule has 1 aliphatic rings. The highest BCUT2D eigenvalue weighted by atomic mass is 32.1. The number of hydrogen-bond donors (Lipinski definition) is 0. The summed E-state index contributed by atoms with van der Waals surface area (Å²) in [6, 6.07) is 12.8. The van der Waals surface area contributed by atoms with Gasteiger partial charge >= 0.3 is 0 Å². The van der Waals surface area contributed by atoms with Gasteiger partial charge in [0.1, 0.15) is 0 Å². The van der Waals surface area contributed by atoms with E-state index < -0.39 is 0 Å². The van der Waals surface area contributed by atoms with Crippen molar-refractivity contribution in [1.29, 1.82) is 0 Å². The molecule has 2 heterocycles. The van der Waals surface area contributed by atoms with Crippen molar-refractivity contribution in [2.45, 2.75) is 33.6 Å². The maximum absolute atomic E-state index is 13.6. The van der Waals surface area contributed by atoms with Gasteiger partial charge in [0.05, 0.1) is 15.9 Å². The van der Waals surface area contributed by atoms with Gasteiger partial charge < -0.3 is 4.90 Å². The number of thiazole rings is 1. The molecule has 1 aliphatic heterocycles. The summed E-state index contributed by atoms with van der Waals surface area (Å²) in [5.74, 6) is -0.557. The van der Waals surface area contributed by atoms with Gasteiger partial charge in [-0.2, -0.15) is 0 Å². The first kappa shape index (κ1) is 23.1. The molecule has 0 radical (unpaired) electrons. The number of imide groups is 1. The van der Waals surface area contributed by atoms with Gasteiger partial charge in [-0.05, 0) is 62.0 Å². The van der Waals surface area contributed by atoms with E-state index in [0.717, 1.165) is 35.4 Å². The molecular weight excluding hydrogens is 436 g/mol. The second-order valence-corrected chi connectivity index (χ2v) is 9.13. The quantitative estimate of drug-likeness (QED) is 0.466. The Morgan fingerprint density at radius 2 is 1.67 bits per heavy atom. The van der Waals surface area contributed by atoms with Crippen LogP contribution in [0.3, 0.4) is 0 Å². The Kier molecular flexibility index (Phi) is 6.85. The molecule has 0 spiro atoms. The van der Waals surface area contributed by atoms with Crippen LogP contribution in [-0.4, -0.2) is 53.8 Å². The van der Waals surface area contributed by atoms with Gasteiger partial charge in [-0.25, -0.2) is 4.98 Å². The Morgan fingerprint density at radius 3 is 2.30 bits per heavy atom. The van der Waals surface area contributed by atoms with Gasteiger partial charge in [0.2, 0.25) is 11.8 Å². The van der Waals surface area contributed by atoms with Gasteiger partial charge in [0.15, 0.2) is 5.13 Å². The van der Waals surface area contributed by atoms with Gasteiger partial charge in [-0.15, -0.1) is 0 Å². The highest BCUT2D eigenvalue weighted by Gasteiger charge is 2.30. The molecule has 1 saturated heterocycles. The topological polar surface area (TPSA) is 73.8 Å². The normalized spacial score (nSPS) is 14.0.